The van der Waals surface area contributed by atoms with Crippen molar-refractivity contribution in [3.05, 3.63) is 0 Å². The number of hydrogen-bond donors (Lipinski definition) is 0. The fourth-order valence-electron chi connectivity index (χ4n) is 3.21. The summed E-state index contributed by atoms with van der Waals surface area (Å²) in [6.45, 7) is 6.00. The van der Waals surface area contributed by atoms with Crippen LogP contribution in [0.4, 0.5) is 30.7 Å². The Hall–Kier alpha value is -0.530. The van der Waals surface area contributed by atoms with Gasteiger partial charge in [-0.2, -0.15) is 26.3 Å². The van der Waals surface area contributed by atoms with Crippen LogP contribution in [0.3, 0.4) is 0 Å². The van der Waals surface area contributed by atoms with Crippen LogP contribution in [0.25, 0.3) is 0 Å². The molecule has 0 N–H and O–H groups in total. The van der Waals surface area contributed by atoms with Crippen LogP contribution in [-0.2, 0) is 4.74 Å². The Morgan fingerprint density at radius 2 is 0.900 bits per heavy atom. The summed E-state index contributed by atoms with van der Waals surface area (Å²) in [4.78, 5) is 0. The van der Waals surface area contributed by atoms with Crippen molar-refractivity contribution in [2.75, 3.05) is 13.2 Å². The van der Waals surface area contributed by atoms with Crippen LogP contribution < -0.4 is 0 Å². The lowest BCUT2D eigenvalue weighted by molar-refractivity contribution is -0.343. The van der Waals surface area contributed by atoms with Crippen molar-refractivity contribution in [1.82, 2.24) is 0 Å². The molecular formula is C22H39F7O. The molecule has 0 fully saturated rings. The van der Waals surface area contributed by atoms with Crippen LogP contribution in [0.15, 0.2) is 0 Å². The molecule has 0 radical (unpaired) electrons. The maximum atomic E-state index is 13.5. The van der Waals surface area contributed by atoms with Gasteiger partial charge in [0.15, 0.2) is 0 Å². The molecule has 0 heterocycles. The molecule has 0 bridgehead atoms. The summed E-state index contributed by atoms with van der Waals surface area (Å²) < 4.78 is 93.5. The maximum absolute atomic E-state index is 13.5. The molecule has 1 nitrogen and oxygen atoms in total. The van der Waals surface area contributed by atoms with Crippen LogP contribution in [0, 0.1) is 5.92 Å². The van der Waals surface area contributed by atoms with Gasteiger partial charge in [0.05, 0.1) is 0 Å². The van der Waals surface area contributed by atoms with E-state index in [9.17, 15) is 30.7 Å². The third kappa shape index (κ3) is 13.0. The van der Waals surface area contributed by atoms with Crippen LogP contribution in [0.5, 0.6) is 0 Å². The molecule has 0 amide bonds. The van der Waals surface area contributed by atoms with Crippen molar-refractivity contribution in [1.29, 1.82) is 0 Å². The summed E-state index contributed by atoms with van der Waals surface area (Å²) in [5.74, 6) is 0.670. The van der Waals surface area contributed by atoms with E-state index in [0.717, 1.165) is 64.6 Å². The monoisotopic (exact) mass is 452 g/mol. The molecule has 0 saturated heterocycles. The van der Waals surface area contributed by atoms with Crippen molar-refractivity contribution in [2.45, 2.75) is 122 Å². The molecule has 0 aliphatic heterocycles. The van der Waals surface area contributed by atoms with Crippen LogP contribution in [0.1, 0.15) is 104 Å². The van der Waals surface area contributed by atoms with E-state index in [-0.39, 0.29) is 6.42 Å². The van der Waals surface area contributed by atoms with Gasteiger partial charge in [0.25, 0.3) is 5.67 Å². The molecule has 0 saturated carbocycles. The first-order valence-electron chi connectivity index (χ1n) is 11.3. The van der Waals surface area contributed by atoms with E-state index in [2.05, 4.69) is 13.8 Å². The van der Waals surface area contributed by atoms with E-state index in [1.54, 1.807) is 0 Å². The van der Waals surface area contributed by atoms with Gasteiger partial charge < -0.3 is 4.74 Å². The number of rotatable bonds is 18. The Kier molecular flexibility index (Phi) is 15.0. The molecule has 0 rings (SSSR count). The van der Waals surface area contributed by atoms with Gasteiger partial charge in [-0.3, -0.25) is 0 Å². The molecule has 0 unspecified atom stereocenters. The third-order valence-corrected chi connectivity index (χ3v) is 5.30. The summed E-state index contributed by atoms with van der Waals surface area (Å²) in [6.07, 6.45) is -2.54. The smallest absolute Gasteiger partial charge is 0.381 e. The van der Waals surface area contributed by atoms with Gasteiger partial charge in [0, 0.05) is 13.2 Å². The lowest BCUT2D eigenvalue weighted by Crippen LogP contribution is -2.53. The van der Waals surface area contributed by atoms with E-state index in [4.69, 9.17) is 4.74 Å². The van der Waals surface area contributed by atoms with Gasteiger partial charge in [-0.25, -0.2) is 4.39 Å². The van der Waals surface area contributed by atoms with Crippen molar-refractivity contribution in [2.24, 2.45) is 5.92 Å². The second-order valence-electron chi connectivity index (χ2n) is 8.58. The molecule has 0 aliphatic carbocycles. The molecule has 0 aromatic rings. The molecule has 0 spiro atoms. The summed E-state index contributed by atoms with van der Waals surface area (Å²) in [7, 11) is 0. The first-order chi connectivity index (χ1) is 13.9. The summed E-state index contributed by atoms with van der Waals surface area (Å²) in [5, 5.41) is 0. The second-order valence-corrected chi connectivity index (χ2v) is 8.58. The second kappa shape index (κ2) is 15.3. The third-order valence-electron chi connectivity index (χ3n) is 5.30. The zero-order valence-electron chi connectivity index (χ0n) is 18.4. The summed E-state index contributed by atoms with van der Waals surface area (Å²) >= 11 is 0. The van der Waals surface area contributed by atoms with E-state index in [1.165, 1.54) is 12.8 Å². The SMILES string of the molecule is CC(C)CCOCCCCCCCCCCCCCCC(F)(C(F)(F)F)C(F)(F)F. The minimum Gasteiger partial charge on any atom is -0.381 e. The highest BCUT2D eigenvalue weighted by atomic mass is 19.4. The number of unbranched alkanes of at least 4 members (excludes halogenated alkanes) is 11. The topological polar surface area (TPSA) is 9.23 Å². The summed E-state index contributed by atoms with van der Waals surface area (Å²) in [6, 6.07) is 0. The largest absolute Gasteiger partial charge is 0.431 e. The standard InChI is InChI=1S/C22H39F7O/c1-19(2)15-18-30-17-14-12-10-8-6-4-3-5-7-9-11-13-16-20(23,21(24,25)26)22(27,28)29/h19H,3-18H2,1-2H3. The fourth-order valence-corrected chi connectivity index (χ4v) is 3.21. The van der Waals surface area contributed by atoms with Gasteiger partial charge in [0.2, 0.25) is 0 Å². The molecule has 8 heteroatoms. The number of halogens is 7. The van der Waals surface area contributed by atoms with Crippen LogP contribution in [-0.4, -0.2) is 31.2 Å². The lowest BCUT2D eigenvalue weighted by Gasteiger charge is -2.29. The van der Waals surface area contributed by atoms with E-state index in [0.29, 0.717) is 12.3 Å². The first kappa shape index (κ1) is 29.5. The minimum atomic E-state index is -5.92. The molecule has 0 aromatic carbocycles. The van der Waals surface area contributed by atoms with Crippen molar-refractivity contribution in [3.8, 4) is 0 Å². The van der Waals surface area contributed by atoms with Gasteiger partial charge >= 0.3 is 12.4 Å². The predicted octanol–water partition coefficient (Wildman–Crippen LogP) is 8.95. The minimum absolute atomic E-state index is 0.178. The van der Waals surface area contributed by atoms with E-state index >= 15 is 0 Å². The van der Waals surface area contributed by atoms with Gasteiger partial charge in [0.1, 0.15) is 0 Å². The number of hydrogen-bond acceptors (Lipinski definition) is 1. The average Bonchev–Trinajstić information content (AvgIpc) is 2.61. The van der Waals surface area contributed by atoms with Crippen molar-refractivity contribution >= 4 is 0 Å². The maximum Gasteiger partial charge on any atom is 0.431 e. The van der Waals surface area contributed by atoms with Gasteiger partial charge in [-0.15, -0.1) is 0 Å². The van der Waals surface area contributed by atoms with Crippen molar-refractivity contribution < 1.29 is 35.5 Å². The number of ether oxygens (including phenoxy) is 1. The quantitative estimate of drug-likeness (QED) is 0.149. The first-order valence-corrected chi connectivity index (χ1v) is 11.3. The zero-order chi connectivity index (χ0) is 23.1. The van der Waals surface area contributed by atoms with Crippen molar-refractivity contribution in [3.63, 3.8) is 0 Å². The fraction of sp³-hybridized carbons (Fsp3) is 1.00. The lowest BCUT2D eigenvalue weighted by atomic mass is 9.96. The molecule has 182 valence electrons. The highest BCUT2D eigenvalue weighted by molar-refractivity contribution is 4.94. The number of alkyl halides is 7. The molecule has 0 aromatic heterocycles. The average molecular weight is 453 g/mol. The van der Waals surface area contributed by atoms with Crippen LogP contribution >= 0.6 is 0 Å². The highest BCUT2D eigenvalue weighted by Crippen LogP contribution is 2.49. The van der Waals surface area contributed by atoms with Gasteiger partial charge in [-0.1, -0.05) is 78.1 Å². The van der Waals surface area contributed by atoms with E-state index in [1.807, 2.05) is 0 Å². The Morgan fingerprint density at radius 3 is 1.27 bits per heavy atom. The Morgan fingerprint density at radius 1 is 0.533 bits per heavy atom. The van der Waals surface area contributed by atoms with Gasteiger partial charge in [-0.05, 0) is 31.6 Å². The van der Waals surface area contributed by atoms with Crippen LogP contribution in [0.2, 0.25) is 0 Å². The highest BCUT2D eigenvalue weighted by Gasteiger charge is 2.71. The normalized spacial score (nSPS) is 13.4. The predicted molar refractivity (Wildman–Crippen MR) is 106 cm³/mol. The Labute approximate surface area is 177 Å². The Bertz CT molecular complexity index is 391. The molecule has 0 aliphatic rings. The molecule has 30 heavy (non-hydrogen) atoms. The zero-order valence-corrected chi connectivity index (χ0v) is 18.4. The van der Waals surface area contributed by atoms with E-state index < -0.39 is 30.9 Å². The Balaban J connectivity index is 3.51. The molecular weight excluding hydrogens is 413 g/mol. The molecule has 0 atom stereocenters. The summed E-state index contributed by atoms with van der Waals surface area (Å²) in [5.41, 5.74) is -5.10.